The van der Waals surface area contributed by atoms with Crippen LogP contribution in [-0.4, -0.2) is 63.8 Å². The molecule has 230 valence electrons. The summed E-state index contributed by atoms with van der Waals surface area (Å²) >= 11 is 1.45. The van der Waals surface area contributed by atoms with Crippen LogP contribution in [0.1, 0.15) is 83.2 Å². The number of thiazole rings is 1. The molecule has 0 aliphatic rings. The van der Waals surface area contributed by atoms with Gasteiger partial charge in [-0.25, -0.2) is 4.98 Å². The third-order valence-electron chi connectivity index (χ3n) is 5.84. The maximum absolute atomic E-state index is 12.8. The van der Waals surface area contributed by atoms with Gasteiger partial charge in [0.15, 0.2) is 12.2 Å². The van der Waals surface area contributed by atoms with E-state index in [0.717, 1.165) is 35.5 Å². The fraction of sp³-hybridized carbons (Fsp3) is 0.531. The fourth-order valence-corrected chi connectivity index (χ4v) is 4.53. The lowest BCUT2D eigenvalue weighted by molar-refractivity contribution is -0.154. The number of hydrogen-bond acceptors (Lipinski definition) is 7. The summed E-state index contributed by atoms with van der Waals surface area (Å²) in [7, 11) is 1.62. The highest BCUT2D eigenvalue weighted by atomic mass is 32.1. The second kappa shape index (κ2) is 22.7. The topological polar surface area (TPSA) is 112 Å². The molecular weight excluding hydrogens is 538 g/mol. The Bertz CT molecular complexity index is 1040. The molecule has 2 amide bonds. The molecule has 2 aromatic rings. The van der Waals surface area contributed by atoms with Crippen LogP contribution >= 0.6 is 11.3 Å². The van der Waals surface area contributed by atoms with Gasteiger partial charge in [0.05, 0.1) is 13.7 Å². The molecule has 0 saturated heterocycles. The van der Waals surface area contributed by atoms with Crippen LogP contribution in [0.4, 0.5) is 0 Å². The van der Waals surface area contributed by atoms with Gasteiger partial charge in [-0.15, -0.1) is 11.3 Å². The number of nitrogens with zero attached hydrogens (tertiary/aromatic N) is 2. The zero-order chi connectivity index (χ0) is 31.2. The molecule has 0 radical (unpaired) electrons. The zero-order valence-electron chi connectivity index (χ0n) is 26.1. The van der Waals surface area contributed by atoms with Crippen molar-refractivity contribution in [3.63, 3.8) is 0 Å². The van der Waals surface area contributed by atoms with Crippen LogP contribution in [0.2, 0.25) is 0 Å². The highest BCUT2D eigenvalue weighted by Gasteiger charge is 2.34. The largest absolute Gasteiger partial charge is 0.497 e. The minimum Gasteiger partial charge on any atom is -0.497 e. The number of carbonyl (C=O) groups is 2. The monoisotopic (exact) mass is 589 g/mol. The minimum atomic E-state index is -1.87. The number of allylic oxidation sites excluding steroid dienone is 3. The summed E-state index contributed by atoms with van der Waals surface area (Å²) in [5, 5.41) is 23.9. The lowest BCUT2D eigenvalue weighted by Gasteiger charge is -2.30. The second-order valence-corrected chi connectivity index (χ2v) is 10.2. The lowest BCUT2D eigenvalue weighted by Crippen LogP contribution is -2.52. The number of carbonyl (C=O) groups excluding carboxylic acids is 2. The van der Waals surface area contributed by atoms with Crippen LogP contribution in [0.15, 0.2) is 54.8 Å². The summed E-state index contributed by atoms with van der Waals surface area (Å²) in [6.07, 6.45) is 9.37. The van der Waals surface area contributed by atoms with E-state index >= 15 is 0 Å². The Hall–Kier alpha value is -3.01. The molecule has 0 fully saturated rings. The SMILES string of the molecule is C/C=C/C(C)N(CCCC)C(=O)[C@H](O)[C@@H](O)C(=O)NCc1ncc(Cc2ccc(OC)cc2)s1.C/C=C\CC.CC. The third kappa shape index (κ3) is 14.4. The van der Waals surface area contributed by atoms with Crippen molar-refractivity contribution >= 4 is 23.2 Å². The van der Waals surface area contributed by atoms with Gasteiger partial charge in [-0.2, -0.15) is 0 Å². The Morgan fingerprint density at radius 2 is 1.76 bits per heavy atom. The van der Waals surface area contributed by atoms with Crippen molar-refractivity contribution in [2.75, 3.05) is 13.7 Å². The molecule has 8 nitrogen and oxygen atoms in total. The van der Waals surface area contributed by atoms with E-state index in [-0.39, 0.29) is 12.6 Å². The molecule has 1 aromatic heterocycles. The molecule has 1 heterocycles. The minimum absolute atomic E-state index is 0.0958. The van der Waals surface area contributed by atoms with Gasteiger partial charge < -0.3 is 25.2 Å². The quantitative estimate of drug-likeness (QED) is 0.245. The number of aromatic nitrogens is 1. The van der Waals surface area contributed by atoms with E-state index < -0.39 is 24.0 Å². The number of ether oxygens (including phenoxy) is 1. The average Bonchev–Trinajstić information content (AvgIpc) is 3.44. The summed E-state index contributed by atoms with van der Waals surface area (Å²) < 4.78 is 5.17. The first-order valence-electron chi connectivity index (χ1n) is 14.5. The molecule has 41 heavy (non-hydrogen) atoms. The maximum Gasteiger partial charge on any atom is 0.255 e. The first-order valence-corrected chi connectivity index (χ1v) is 15.3. The van der Waals surface area contributed by atoms with Crippen molar-refractivity contribution in [3.8, 4) is 5.75 Å². The van der Waals surface area contributed by atoms with Crippen molar-refractivity contribution < 1.29 is 24.5 Å². The van der Waals surface area contributed by atoms with Gasteiger partial charge in [0.1, 0.15) is 10.8 Å². The molecule has 3 N–H and O–H groups in total. The molecule has 3 atom stereocenters. The van der Waals surface area contributed by atoms with Crippen molar-refractivity contribution in [2.24, 2.45) is 0 Å². The van der Waals surface area contributed by atoms with Crippen molar-refractivity contribution in [1.29, 1.82) is 0 Å². The predicted octanol–water partition coefficient (Wildman–Crippen LogP) is 5.67. The molecule has 0 spiro atoms. The van der Waals surface area contributed by atoms with E-state index in [1.54, 1.807) is 13.3 Å². The molecular formula is C32H51N3O5S. The number of hydrogen-bond donors (Lipinski definition) is 3. The van der Waals surface area contributed by atoms with Gasteiger partial charge in [-0.05, 0) is 51.3 Å². The molecule has 0 aliphatic carbocycles. The van der Waals surface area contributed by atoms with E-state index in [1.807, 2.05) is 78.0 Å². The molecule has 0 saturated carbocycles. The Balaban J connectivity index is 0.00000205. The number of amides is 2. The average molecular weight is 590 g/mol. The van der Waals surface area contributed by atoms with E-state index in [2.05, 4.69) is 29.4 Å². The number of aliphatic hydroxyl groups is 2. The number of rotatable bonds is 14. The Morgan fingerprint density at radius 3 is 2.27 bits per heavy atom. The number of benzene rings is 1. The van der Waals surface area contributed by atoms with Gasteiger partial charge in [0.25, 0.3) is 11.8 Å². The predicted molar refractivity (Wildman–Crippen MR) is 169 cm³/mol. The number of aliphatic hydroxyl groups excluding tert-OH is 2. The van der Waals surface area contributed by atoms with Crippen LogP contribution in [-0.2, 0) is 22.6 Å². The summed E-state index contributed by atoms with van der Waals surface area (Å²) in [6.45, 7) is 14.4. The first kappa shape index (κ1) is 38.0. The van der Waals surface area contributed by atoms with Crippen LogP contribution in [0, 0.1) is 0 Å². The number of nitrogens with one attached hydrogen (secondary N) is 1. The molecule has 1 aromatic carbocycles. The van der Waals surface area contributed by atoms with Gasteiger partial charge in [0, 0.05) is 30.1 Å². The van der Waals surface area contributed by atoms with Gasteiger partial charge in [-0.3, -0.25) is 9.59 Å². The molecule has 0 aliphatic heterocycles. The van der Waals surface area contributed by atoms with Crippen LogP contribution in [0.25, 0.3) is 0 Å². The second-order valence-electron chi connectivity index (χ2n) is 8.98. The normalized spacial score (nSPS) is 12.9. The van der Waals surface area contributed by atoms with E-state index in [1.165, 1.54) is 16.2 Å². The summed E-state index contributed by atoms with van der Waals surface area (Å²) in [5.41, 5.74) is 1.11. The Kier molecular flexibility index (Phi) is 21.0. The molecule has 1 unspecified atom stereocenters. The van der Waals surface area contributed by atoms with E-state index in [9.17, 15) is 19.8 Å². The van der Waals surface area contributed by atoms with Crippen molar-refractivity contribution in [2.45, 2.75) is 98.9 Å². The van der Waals surface area contributed by atoms with Crippen LogP contribution < -0.4 is 10.1 Å². The lowest BCUT2D eigenvalue weighted by atomic mass is 10.1. The zero-order valence-corrected chi connectivity index (χ0v) is 26.9. The fourth-order valence-electron chi connectivity index (χ4n) is 3.63. The number of unbranched alkanes of at least 4 members (excludes halogenated alkanes) is 1. The van der Waals surface area contributed by atoms with E-state index in [4.69, 9.17) is 4.74 Å². The van der Waals surface area contributed by atoms with Crippen LogP contribution in [0.5, 0.6) is 5.75 Å². The first-order chi connectivity index (χ1) is 19.7. The van der Waals surface area contributed by atoms with Crippen LogP contribution in [0.3, 0.4) is 0 Å². The Labute approximate surface area is 251 Å². The maximum atomic E-state index is 12.8. The van der Waals surface area contributed by atoms with Gasteiger partial charge in [-0.1, -0.05) is 70.6 Å². The van der Waals surface area contributed by atoms with Crippen molar-refractivity contribution in [3.05, 3.63) is 70.2 Å². The molecule has 2 rings (SSSR count). The highest BCUT2D eigenvalue weighted by molar-refractivity contribution is 7.11. The number of methoxy groups -OCH3 is 1. The van der Waals surface area contributed by atoms with E-state index in [0.29, 0.717) is 18.0 Å². The summed E-state index contributed by atoms with van der Waals surface area (Å²) in [6, 6.07) is 7.50. The smallest absolute Gasteiger partial charge is 0.255 e. The Morgan fingerprint density at radius 1 is 1.10 bits per heavy atom. The summed E-state index contributed by atoms with van der Waals surface area (Å²) in [4.78, 5) is 32.0. The summed E-state index contributed by atoms with van der Waals surface area (Å²) in [5.74, 6) is -0.694. The van der Waals surface area contributed by atoms with Gasteiger partial charge in [0.2, 0.25) is 0 Å². The molecule has 0 bridgehead atoms. The third-order valence-corrected chi connectivity index (χ3v) is 6.84. The highest BCUT2D eigenvalue weighted by Crippen LogP contribution is 2.19. The molecule has 9 heteroatoms. The van der Waals surface area contributed by atoms with Gasteiger partial charge >= 0.3 is 0 Å². The standard InChI is InChI=1S/C25H35N3O5S.C5H10.C2H6/c1-5-7-13-28(17(3)8-6-2)25(32)23(30)22(29)24(31)27-16-21-26-15-20(34-21)14-18-9-11-19(33-4)12-10-18;1-3-5-4-2;1-2/h6,8-12,15,17,22-23,29-30H,5,7,13-14,16H2,1-4H3,(H,27,31);3,5H,4H2,1-2H3;1-2H3/b8-6+;5-3-;/t17?,22-,23-;;/m1../s1. The van der Waals surface area contributed by atoms with Crippen molar-refractivity contribution in [1.82, 2.24) is 15.2 Å².